The maximum Gasteiger partial charge on any atom is 0.168 e. The van der Waals surface area contributed by atoms with E-state index in [-0.39, 0.29) is 33.6 Å². The van der Waals surface area contributed by atoms with E-state index in [1.165, 1.54) is 31.4 Å². The number of ketones is 1. The molecule has 0 atom stereocenters. The summed E-state index contributed by atoms with van der Waals surface area (Å²) in [7, 11) is 1.36. The molecule has 0 aliphatic rings. The van der Waals surface area contributed by atoms with Gasteiger partial charge in [0, 0.05) is 12.0 Å². The van der Waals surface area contributed by atoms with Crippen LogP contribution in [0.4, 0.5) is 8.78 Å². The van der Waals surface area contributed by atoms with Gasteiger partial charge in [-0.2, -0.15) is 0 Å². The zero-order valence-corrected chi connectivity index (χ0v) is 12.2. The number of hydrogen-bond acceptors (Lipinski definition) is 2. The van der Waals surface area contributed by atoms with Crippen LogP contribution in [0.1, 0.15) is 15.9 Å². The van der Waals surface area contributed by atoms with Crippen molar-refractivity contribution in [3.05, 3.63) is 63.6 Å². The molecule has 0 aromatic heterocycles. The van der Waals surface area contributed by atoms with Crippen molar-refractivity contribution in [1.29, 1.82) is 0 Å². The number of halogens is 3. The fourth-order valence-corrected chi connectivity index (χ4v) is 2.04. The third kappa shape index (κ3) is 3.04. The van der Waals surface area contributed by atoms with Crippen molar-refractivity contribution >= 4 is 21.7 Å². The zero-order valence-electron chi connectivity index (χ0n) is 10.6. The summed E-state index contributed by atoms with van der Waals surface area (Å²) in [6.07, 6.45) is -0.149. The van der Waals surface area contributed by atoms with Crippen LogP contribution in [0.15, 0.2) is 40.9 Å². The molecule has 0 N–H and O–H groups in total. The van der Waals surface area contributed by atoms with Crippen LogP contribution < -0.4 is 4.74 Å². The van der Waals surface area contributed by atoms with Crippen LogP contribution in [0.25, 0.3) is 0 Å². The van der Waals surface area contributed by atoms with Gasteiger partial charge in [0.25, 0.3) is 0 Å². The van der Waals surface area contributed by atoms with Crippen molar-refractivity contribution in [3.63, 3.8) is 0 Å². The molecule has 2 aromatic carbocycles. The smallest absolute Gasteiger partial charge is 0.168 e. The number of carbonyl (C=O) groups is 1. The molecule has 0 aliphatic carbocycles. The highest BCUT2D eigenvalue weighted by molar-refractivity contribution is 9.10. The summed E-state index contributed by atoms with van der Waals surface area (Å²) in [6, 6.07) is 8.66. The lowest BCUT2D eigenvalue weighted by atomic mass is 10.0. The van der Waals surface area contributed by atoms with E-state index >= 15 is 0 Å². The lowest BCUT2D eigenvalue weighted by molar-refractivity contribution is 0.0991. The van der Waals surface area contributed by atoms with Crippen LogP contribution in [0.3, 0.4) is 0 Å². The number of methoxy groups -OCH3 is 1. The highest BCUT2D eigenvalue weighted by Crippen LogP contribution is 2.22. The third-order valence-electron chi connectivity index (χ3n) is 2.86. The summed E-state index contributed by atoms with van der Waals surface area (Å²) in [5, 5.41) is 0. The maximum absolute atomic E-state index is 13.9. The SMILES string of the molecule is COc1cccc(CC(=O)c2ccc(Br)c(F)c2)c1F. The molecule has 0 radical (unpaired) electrons. The molecule has 0 heterocycles. The summed E-state index contributed by atoms with van der Waals surface area (Å²) in [5.74, 6) is -1.37. The molecule has 0 unspecified atom stereocenters. The predicted octanol–water partition coefficient (Wildman–Crippen LogP) is 4.16. The molecular formula is C15H11BrF2O2. The Morgan fingerprint density at radius 2 is 2.00 bits per heavy atom. The average Bonchev–Trinajstić information content (AvgIpc) is 2.44. The molecule has 2 nitrogen and oxygen atoms in total. The van der Waals surface area contributed by atoms with Gasteiger partial charge < -0.3 is 4.74 Å². The van der Waals surface area contributed by atoms with E-state index in [0.717, 1.165) is 6.07 Å². The van der Waals surface area contributed by atoms with Gasteiger partial charge in [-0.1, -0.05) is 18.2 Å². The normalized spacial score (nSPS) is 10.4. The Labute approximate surface area is 123 Å². The molecule has 2 aromatic rings. The van der Waals surface area contributed by atoms with Gasteiger partial charge >= 0.3 is 0 Å². The quantitative estimate of drug-likeness (QED) is 0.781. The van der Waals surface area contributed by atoms with Crippen molar-refractivity contribution in [2.45, 2.75) is 6.42 Å². The van der Waals surface area contributed by atoms with Crippen LogP contribution in [0, 0.1) is 11.6 Å². The number of ether oxygens (including phenoxy) is 1. The molecule has 0 spiro atoms. The fraction of sp³-hybridized carbons (Fsp3) is 0.133. The Hall–Kier alpha value is -1.75. The number of carbonyl (C=O) groups excluding carboxylic acids is 1. The summed E-state index contributed by atoms with van der Waals surface area (Å²) in [4.78, 5) is 12.0. The third-order valence-corrected chi connectivity index (χ3v) is 3.50. The first-order chi connectivity index (χ1) is 9.52. The van der Waals surface area contributed by atoms with Gasteiger partial charge in [0.15, 0.2) is 17.3 Å². The molecule has 20 heavy (non-hydrogen) atoms. The summed E-state index contributed by atoms with van der Waals surface area (Å²) >= 11 is 3.01. The first kappa shape index (κ1) is 14.7. The number of hydrogen-bond donors (Lipinski definition) is 0. The average molecular weight is 341 g/mol. The molecule has 0 aliphatic heterocycles. The molecule has 0 saturated heterocycles. The van der Waals surface area contributed by atoms with Crippen molar-refractivity contribution in [2.75, 3.05) is 7.11 Å². The molecule has 0 fully saturated rings. The lowest BCUT2D eigenvalue weighted by Gasteiger charge is -2.07. The van der Waals surface area contributed by atoms with Gasteiger partial charge in [-0.15, -0.1) is 0 Å². The minimum Gasteiger partial charge on any atom is -0.494 e. The zero-order chi connectivity index (χ0) is 14.7. The van der Waals surface area contributed by atoms with Crippen LogP contribution in [-0.4, -0.2) is 12.9 Å². The summed E-state index contributed by atoms with van der Waals surface area (Å²) in [5.41, 5.74) is 0.422. The van der Waals surface area contributed by atoms with Gasteiger partial charge in [0.05, 0.1) is 11.6 Å². The van der Waals surface area contributed by atoms with Crippen molar-refractivity contribution in [3.8, 4) is 5.75 Å². The highest BCUT2D eigenvalue weighted by Gasteiger charge is 2.14. The molecule has 5 heteroatoms. The van der Waals surface area contributed by atoms with Gasteiger partial charge in [0.2, 0.25) is 0 Å². The van der Waals surface area contributed by atoms with Crippen LogP contribution in [0.2, 0.25) is 0 Å². The Morgan fingerprint density at radius 1 is 1.25 bits per heavy atom. The van der Waals surface area contributed by atoms with Gasteiger partial charge in [-0.3, -0.25) is 4.79 Å². The van der Waals surface area contributed by atoms with E-state index in [1.54, 1.807) is 6.07 Å². The van der Waals surface area contributed by atoms with E-state index < -0.39 is 11.6 Å². The molecule has 0 bridgehead atoms. The number of Topliss-reactive ketones (excluding diaryl/α,β-unsaturated/α-hetero) is 1. The second kappa shape index (κ2) is 6.13. The highest BCUT2D eigenvalue weighted by atomic mass is 79.9. The molecule has 104 valence electrons. The molecule has 0 saturated carbocycles. The largest absolute Gasteiger partial charge is 0.494 e. The van der Waals surface area contributed by atoms with E-state index in [2.05, 4.69) is 15.9 Å². The van der Waals surface area contributed by atoms with E-state index in [9.17, 15) is 13.6 Å². The Kier molecular flexibility index (Phi) is 4.49. The summed E-state index contributed by atoms with van der Waals surface area (Å²) < 4.78 is 32.5. The molecule has 0 amide bonds. The maximum atomic E-state index is 13.9. The topological polar surface area (TPSA) is 26.3 Å². The van der Waals surface area contributed by atoms with Crippen LogP contribution in [0.5, 0.6) is 5.75 Å². The van der Waals surface area contributed by atoms with Crippen LogP contribution in [-0.2, 0) is 6.42 Å². The second-order valence-corrected chi connectivity index (χ2v) is 5.02. The van der Waals surface area contributed by atoms with Crippen LogP contribution >= 0.6 is 15.9 Å². The lowest BCUT2D eigenvalue weighted by Crippen LogP contribution is -2.06. The molecule has 2 rings (SSSR count). The van der Waals surface area contributed by atoms with E-state index in [4.69, 9.17) is 4.74 Å². The van der Waals surface area contributed by atoms with E-state index in [0.29, 0.717) is 0 Å². The minimum atomic E-state index is -0.569. The first-order valence-corrected chi connectivity index (χ1v) is 6.62. The standard InChI is InChI=1S/C15H11BrF2O2/c1-20-14-4-2-3-10(15(14)18)8-13(19)9-5-6-11(16)12(17)7-9/h2-7H,8H2,1H3. The van der Waals surface area contributed by atoms with Gasteiger partial charge in [-0.05, 0) is 39.7 Å². The Morgan fingerprint density at radius 3 is 2.65 bits per heavy atom. The predicted molar refractivity (Wildman–Crippen MR) is 75.1 cm³/mol. The number of rotatable bonds is 4. The van der Waals surface area contributed by atoms with Crippen molar-refractivity contribution in [1.82, 2.24) is 0 Å². The van der Waals surface area contributed by atoms with Gasteiger partial charge in [0.1, 0.15) is 5.82 Å². The number of benzene rings is 2. The summed E-state index contributed by atoms with van der Waals surface area (Å²) in [6.45, 7) is 0. The Bertz CT molecular complexity index is 656. The monoisotopic (exact) mass is 340 g/mol. The van der Waals surface area contributed by atoms with E-state index in [1.807, 2.05) is 0 Å². The first-order valence-electron chi connectivity index (χ1n) is 5.82. The van der Waals surface area contributed by atoms with Crippen molar-refractivity contribution < 1.29 is 18.3 Å². The van der Waals surface area contributed by atoms with Crippen molar-refractivity contribution in [2.24, 2.45) is 0 Å². The minimum absolute atomic E-state index is 0.0808. The van der Waals surface area contributed by atoms with Gasteiger partial charge in [-0.25, -0.2) is 8.78 Å². The second-order valence-electron chi connectivity index (χ2n) is 4.16. The Balaban J connectivity index is 2.25. The molecular weight excluding hydrogens is 330 g/mol. The fourth-order valence-electron chi connectivity index (χ4n) is 1.80.